The molecule has 1 heterocycles. The first kappa shape index (κ1) is 12.7. The summed E-state index contributed by atoms with van der Waals surface area (Å²) in [6.07, 6.45) is 1.73. The fourth-order valence-electron chi connectivity index (χ4n) is 1.40. The number of hydrogen-bond donors (Lipinski definition) is 1. The Morgan fingerprint density at radius 3 is 2.83 bits per heavy atom. The van der Waals surface area contributed by atoms with Crippen molar-refractivity contribution in [2.75, 3.05) is 11.9 Å². The van der Waals surface area contributed by atoms with Crippen LogP contribution < -0.4 is 5.32 Å². The fraction of sp³-hybridized carbons (Fsp3) is 0.231. The molecule has 18 heavy (non-hydrogen) atoms. The Morgan fingerprint density at radius 2 is 2.17 bits per heavy atom. The highest BCUT2D eigenvalue weighted by molar-refractivity contribution is 7.15. The van der Waals surface area contributed by atoms with Crippen LogP contribution in [-0.4, -0.2) is 17.5 Å². The standard InChI is InChI=1S/C13H14N2O2S/c1-10-7-14-13(18-10)15-12(16)9-17-8-11-5-3-2-4-6-11/h2-7H,8-9H2,1H3,(H,14,15,16). The van der Waals surface area contributed by atoms with E-state index in [9.17, 15) is 4.79 Å². The van der Waals surface area contributed by atoms with E-state index in [2.05, 4.69) is 10.3 Å². The molecule has 1 N–H and O–H groups in total. The number of carbonyl (C=O) groups excluding carboxylic acids is 1. The summed E-state index contributed by atoms with van der Waals surface area (Å²) in [5.41, 5.74) is 1.05. The van der Waals surface area contributed by atoms with Crippen molar-refractivity contribution in [3.05, 3.63) is 47.0 Å². The van der Waals surface area contributed by atoms with E-state index in [1.807, 2.05) is 37.3 Å². The lowest BCUT2D eigenvalue weighted by molar-refractivity contribution is -0.121. The molecular weight excluding hydrogens is 248 g/mol. The zero-order valence-corrected chi connectivity index (χ0v) is 10.9. The van der Waals surface area contributed by atoms with Crippen LogP contribution in [-0.2, 0) is 16.1 Å². The van der Waals surface area contributed by atoms with Crippen LogP contribution in [0.3, 0.4) is 0 Å². The largest absolute Gasteiger partial charge is 0.367 e. The molecule has 0 radical (unpaired) electrons. The van der Waals surface area contributed by atoms with Crippen molar-refractivity contribution in [2.45, 2.75) is 13.5 Å². The fourth-order valence-corrected chi connectivity index (χ4v) is 2.08. The van der Waals surface area contributed by atoms with Crippen LogP contribution in [0.2, 0.25) is 0 Å². The average molecular weight is 262 g/mol. The summed E-state index contributed by atoms with van der Waals surface area (Å²) in [6.45, 7) is 2.41. The number of carbonyl (C=O) groups is 1. The maximum absolute atomic E-state index is 11.5. The van der Waals surface area contributed by atoms with E-state index in [1.165, 1.54) is 11.3 Å². The van der Waals surface area contributed by atoms with E-state index in [0.717, 1.165) is 10.4 Å². The molecular formula is C13H14N2O2S. The Bertz CT molecular complexity index is 511. The molecule has 0 fully saturated rings. The van der Waals surface area contributed by atoms with Gasteiger partial charge in [0.05, 0.1) is 6.61 Å². The molecule has 0 aliphatic rings. The lowest BCUT2D eigenvalue weighted by atomic mass is 10.2. The highest BCUT2D eigenvalue weighted by atomic mass is 32.1. The van der Waals surface area contributed by atoms with Gasteiger partial charge in [0, 0.05) is 11.1 Å². The van der Waals surface area contributed by atoms with Crippen LogP contribution in [0.15, 0.2) is 36.5 Å². The third-order valence-corrected chi connectivity index (χ3v) is 3.04. The number of anilines is 1. The topological polar surface area (TPSA) is 51.2 Å². The summed E-state index contributed by atoms with van der Waals surface area (Å²) in [4.78, 5) is 16.7. The van der Waals surface area contributed by atoms with Gasteiger partial charge in [-0.05, 0) is 12.5 Å². The molecule has 94 valence electrons. The highest BCUT2D eigenvalue weighted by Crippen LogP contribution is 2.16. The van der Waals surface area contributed by atoms with Crippen molar-refractivity contribution in [2.24, 2.45) is 0 Å². The second kappa shape index (κ2) is 6.28. The molecule has 0 aliphatic heterocycles. The summed E-state index contributed by atoms with van der Waals surface area (Å²) in [6, 6.07) is 9.75. The lowest BCUT2D eigenvalue weighted by Gasteiger charge is -2.04. The maximum Gasteiger partial charge on any atom is 0.252 e. The molecule has 0 aliphatic carbocycles. The van der Waals surface area contributed by atoms with Gasteiger partial charge in [-0.2, -0.15) is 0 Å². The van der Waals surface area contributed by atoms with Crippen LogP contribution >= 0.6 is 11.3 Å². The van der Waals surface area contributed by atoms with Crippen LogP contribution in [0.1, 0.15) is 10.4 Å². The van der Waals surface area contributed by atoms with Gasteiger partial charge in [-0.25, -0.2) is 4.98 Å². The third-order valence-electron chi connectivity index (χ3n) is 2.21. The van der Waals surface area contributed by atoms with Gasteiger partial charge >= 0.3 is 0 Å². The van der Waals surface area contributed by atoms with Crippen molar-refractivity contribution in [3.8, 4) is 0 Å². The Hall–Kier alpha value is -1.72. The Kier molecular flexibility index (Phi) is 4.44. The van der Waals surface area contributed by atoms with Gasteiger partial charge in [0.2, 0.25) is 0 Å². The quantitative estimate of drug-likeness (QED) is 0.901. The Morgan fingerprint density at radius 1 is 1.39 bits per heavy atom. The molecule has 2 aromatic rings. The summed E-state index contributed by atoms with van der Waals surface area (Å²) in [5.74, 6) is -0.180. The predicted molar refractivity (Wildman–Crippen MR) is 71.6 cm³/mol. The van der Waals surface area contributed by atoms with Gasteiger partial charge in [-0.15, -0.1) is 11.3 Å². The van der Waals surface area contributed by atoms with Crippen LogP contribution in [0.25, 0.3) is 0 Å². The van der Waals surface area contributed by atoms with E-state index in [4.69, 9.17) is 4.74 Å². The summed E-state index contributed by atoms with van der Waals surface area (Å²) < 4.78 is 5.33. The monoisotopic (exact) mass is 262 g/mol. The van der Waals surface area contributed by atoms with Gasteiger partial charge in [0.15, 0.2) is 5.13 Å². The minimum Gasteiger partial charge on any atom is -0.367 e. The van der Waals surface area contributed by atoms with Crippen LogP contribution in [0.5, 0.6) is 0 Å². The first-order valence-electron chi connectivity index (χ1n) is 5.58. The highest BCUT2D eigenvalue weighted by Gasteiger charge is 2.05. The summed E-state index contributed by atoms with van der Waals surface area (Å²) in [5, 5.41) is 3.30. The molecule has 5 heteroatoms. The molecule has 4 nitrogen and oxygen atoms in total. The Balaban J connectivity index is 1.72. The average Bonchev–Trinajstić information content (AvgIpc) is 2.76. The number of nitrogens with zero attached hydrogens (tertiary/aromatic N) is 1. The Labute approximate surface area is 110 Å². The predicted octanol–water partition coefficient (Wildman–Crippen LogP) is 2.61. The number of aromatic nitrogens is 1. The molecule has 0 spiro atoms. The molecule has 0 atom stereocenters. The van der Waals surface area contributed by atoms with Crippen LogP contribution in [0.4, 0.5) is 5.13 Å². The van der Waals surface area contributed by atoms with Crippen molar-refractivity contribution >= 4 is 22.4 Å². The first-order valence-corrected chi connectivity index (χ1v) is 6.39. The molecule has 0 saturated heterocycles. The van der Waals surface area contributed by atoms with Gasteiger partial charge in [0.25, 0.3) is 5.91 Å². The van der Waals surface area contributed by atoms with Crippen molar-refractivity contribution in [1.82, 2.24) is 4.98 Å². The van der Waals surface area contributed by atoms with Crippen molar-refractivity contribution in [1.29, 1.82) is 0 Å². The molecule has 0 unspecified atom stereocenters. The second-order valence-corrected chi connectivity index (χ2v) is 5.04. The van der Waals surface area contributed by atoms with Gasteiger partial charge < -0.3 is 4.74 Å². The first-order chi connectivity index (χ1) is 8.74. The van der Waals surface area contributed by atoms with Gasteiger partial charge in [0.1, 0.15) is 6.61 Å². The van der Waals surface area contributed by atoms with Gasteiger partial charge in [-0.1, -0.05) is 30.3 Å². The number of hydrogen-bond acceptors (Lipinski definition) is 4. The zero-order chi connectivity index (χ0) is 12.8. The van der Waals surface area contributed by atoms with Crippen LogP contribution in [0, 0.1) is 6.92 Å². The van der Waals surface area contributed by atoms with Gasteiger partial charge in [-0.3, -0.25) is 10.1 Å². The number of benzene rings is 1. The normalized spacial score (nSPS) is 10.3. The number of amides is 1. The van der Waals surface area contributed by atoms with E-state index in [-0.39, 0.29) is 12.5 Å². The third kappa shape index (κ3) is 3.94. The number of nitrogens with one attached hydrogen (secondary N) is 1. The maximum atomic E-state index is 11.5. The minimum atomic E-state index is -0.180. The lowest BCUT2D eigenvalue weighted by Crippen LogP contribution is -2.17. The number of rotatable bonds is 5. The van der Waals surface area contributed by atoms with E-state index in [1.54, 1.807) is 6.20 Å². The number of aryl methyl sites for hydroxylation is 1. The number of ether oxygens (including phenoxy) is 1. The van der Waals surface area contributed by atoms with Crippen molar-refractivity contribution in [3.63, 3.8) is 0 Å². The summed E-state index contributed by atoms with van der Waals surface area (Å²) in [7, 11) is 0. The molecule has 1 amide bonds. The number of thiazole rings is 1. The van der Waals surface area contributed by atoms with E-state index >= 15 is 0 Å². The molecule has 0 saturated carbocycles. The SMILES string of the molecule is Cc1cnc(NC(=O)COCc2ccccc2)s1. The second-order valence-electron chi connectivity index (χ2n) is 3.80. The molecule has 1 aromatic heterocycles. The minimum absolute atomic E-state index is 0.0352. The van der Waals surface area contributed by atoms with E-state index in [0.29, 0.717) is 11.7 Å². The molecule has 2 rings (SSSR count). The molecule has 1 aromatic carbocycles. The van der Waals surface area contributed by atoms with E-state index < -0.39 is 0 Å². The summed E-state index contributed by atoms with van der Waals surface area (Å²) >= 11 is 1.45. The smallest absolute Gasteiger partial charge is 0.252 e. The molecule has 0 bridgehead atoms. The zero-order valence-electron chi connectivity index (χ0n) is 10.1. The van der Waals surface area contributed by atoms with Crippen molar-refractivity contribution < 1.29 is 9.53 Å².